The summed E-state index contributed by atoms with van der Waals surface area (Å²) in [6.07, 6.45) is 0.356. The van der Waals surface area contributed by atoms with Crippen molar-refractivity contribution in [3.8, 4) is 17.2 Å². The van der Waals surface area contributed by atoms with Crippen LogP contribution in [0.15, 0.2) is 39.5 Å². The molecule has 33 heavy (non-hydrogen) atoms. The van der Waals surface area contributed by atoms with Gasteiger partial charge in [0.25, 0.3) is 0 Å². The molecular formula is C24H26ClNO7. The number of hydrogen-bond acceptors (Lipinski definition) is 7. The molecule has 2 heterocycles. The number of phenols is 1. The first-order chi connectivity index (χ1) is 15.5. The fraction of sp³-hybridized carbons (Fsp3) is 0.333. The maximum absolute atomic E-state index is 12.7. The summed E-state index contributed by atoms with van der Waals surface area (Å²) in [5.41, 5.74) is 2.67. The van der Waals surface area contributed by atoms with Crippen LogP contribution in [0.4, 0.5) is 0 Å². The van der Waals surface area contributed by atoms with Gasteiger partial charge in [0.05, 0.1) is 12.2 Å². The monoisotopic (exact) mass is 475 g/mol. The van der Waals surface area contributed by atoms with Gasteiger partial charge in [0.15, 0.2) is 17.1 Å². The van der Waals surface area contributed by atoms with Gasteiger partial charge < -0.3 is 41.5 Å². The summed E-state index contributed by atoms with van der Waals surface area (Å²) in [6, 6.07) is 9.11. The first kappa shape index (κ1) is 24.4. The lowest BCUT2D eigenvalue weighted by molar-refractivity contribution is -0.686. The van der Waals surface area contributed by atoms with Crippen molar-refractivity contribution in [3.63, 3.8) is 0 Å². The number of ether oxygens (including phenoxy) is 3. The maximum Gasteiger partial charge on any atom is 0.339 e. The van der Waals surface area contributed by atoms with Crippen molar-refractivity contribution in [1.82, 2.24) is 0 Å². The number of quaternary nitrogens is 1. The second-order valence-corrected chi connectivity index (χ2v) is 7.62. The van der Waals surface area contributed by atoms with E-state index >= 15 is 0 Å². The van der Waals surface area contributed by atoms with Crippen LogP contribution < -0.4 is 32.8 Å². The zero-order valence-corrected chi connectivity index (χ0v) is 19.2. The lowest BCUT2D eigenvalue weighted by Gasteiger charge is -2.12. The van der Waals surface area contributed by atoms with Crippen LogP contribution in [0.1, 0.15) is 35.6 Å². The number of halogens is 1. The number of carbonyl (C=O) groups is 1. The second-order valence-electron chi connectivity index (χ2n) is 7.62. The Morgan fingerprint density at radius 1 is 1.12 bits per heavy atom. The summed E-state index contributed by atoms with van der Waals surface area (Å²) in [4.78, 5) is 24.3. The number of phenolic OH excluding ortho intramolecular Hbond substituents is 1. The van der Waals surface area contributed by atoms with Gasteiger partial charge in [0.1, 0.15) is 18.8 Å². The van der Waals surface area contributed by atoms with Crippen molar-refractivity contribution < 1.29 is 46.3 Å². The molecule has 4 rings (SSSR count). The molecule has 0 saturated heterocycles. The summed E-state index contributed by atoms with van der Waals surface area (Å²) in [7, 11) is 0. The van der Waals surface area contributed by atoms with Crippen LogP contribution in [0.3, 0.4) is 0 Å². The highest BCUT2D eigenvalue weighted by Gasteiger charge is 2.19. The van der Waals surface area contributed by atoms with Crippen LogP contribution >= 0.6 is 0 Å². The van der Waals surface area contributed by atoms with Crippen LogP contribution in [0, 0.1) is 6.92 Å². The van der Waals surface area contributed by atoms with Gasteiger partial charge in [-0.25, -0.2) is 4.79 Å². The third-order valence-corrected chi connectivity index (χ3v) is 5.58. The van der Waals surface area contributed by atoms with Crippen molar-refractivity contribution in [2.24, 2.45) is 0 Å². The summed E-state index contributed by atoms with van der Waals surface area (Å²) in [5.74, 6) is 1.18. The van der Waals surface area contributed by atoms with E-state index in [4.69, 9.17) is 18.6 Å². The van der Waals surface area contributed by atoms with Crippen LogP contribution in [-0.4, -0.2) is 24.5 Å². The Hall–Kier alpha value is -3.23. The van der Waals surface area contributed by atoms with E-state index in [1.54, 1.807) is 19.1 Å². The second kappa shape index (κ2) is 10.6. The van der Waals surface area contributed by atoms with Crippen LogP contribution in [0.2, 0.25) is 0 Å². The zero-order valence-electron chi connectivity index (χ0n) is 18.5. The van der Waals surface area contributed by atoms with Gasteiger partial charge in [0.2, 0.25) is 6.79 Å². The quantitative estimate of drug-likeness (QED) is 0.327. The summed E-state index contributed by atoms with van der Waals surface area (Å²) in [6.45, 7) is 5.17. The predicted octanol–water partition coefficient (Wildman–Crippen LogP) is -0.701. The smallest absolute Gasteiger partial charge is 0.339 e. The highest BCUT2D eigenvalue weighted by Crippen LogP contribution is 2.32. The van der Waals surface area contributed by atoms with Gasteiger partial charge >= 0.3 is 11.6 Å². The van der Waals surface area contributed by atoms with Crippen molar-refractivity contribution in [3.05, 3.63) is 63.0 Å². The summed E-state index contributed by atoms with van der Waals surface area (Å²) < 4.78 is 21.3. The Balaban J connectivity index is 0.00000306. The first-order valence-electron chi connectivity index (χ1n) is 10.6. The molecule has 0 unspecified atom stereocenters. The summed E-state index contributed by atoms with van der Waals surface area (Å²) in [5, 5.41) is 13.2. The molecule has 3 aromatic rings. The normalized spacial score (nSPS) is 11.9. The fourth-order valence-corrected chi connectivity index (χ4v) is 3.90. The molecule has 1 aliphatic rings. The van der Waals surface area contributed by atoms with Crippen molar-refractivity contribution in [2.45, 2.75) is 39.8 Å². The first-order valence-corrected chi connectivity index (χ1v) is 10.6. The fourth-order valence-electron chi connectivity index (χ4n) is 3.90. The molecule has 0 saturated carbocycles. The molecule has 1 aromatic heterocycles. The third kappa shape index (κ3) is 5.23. The van der Waals surface area contributed by atoms with E-state index < -0.39 is 5.63 Å². The minimum atomic E-state index is -0.498. The standard InChI is InChI=1S/C24H25NO7.ClH/c1-3-29-22(27)9-6-17-14(2)16-5-7-19(26)18(23(16)32-24(17)28)12-25-11-15-4-8-20-21(10-15)31-13-30-20;/h4-5,7-8,10,25-26H,3,6,9,11-13H2,1-2H3;1H. The Morgan fingerprint density at radius 2 is 1.91 bits per heavy atom. The Morgan fingerprint density at radius 3 is 2.70 bits per heavy atom. The molecule has 0 spiro atoms. The van der Waals surface area contributed by atoms with Gasteiger partial charge in [-0.3, -0.25) is 4.79 Å². The molecule has 0 atom stereocenters. The number of rotatable bonds is 8. The molecule has 3 N–H and O–H groups in total. The molecule has 0 radical (unpaired) electrons. The van der Waals surface area contributed by atoms with E-state index in [2.05, 4.69) is 0 Å². The summed E-state index contributed by atoms with van der Waals surface area (Å²) >= 11 is 0. The van der Waals surface area contributed by atoms with Crippen molar-refractivity contribution in [1.29, 1.82) is 0 Å². The SMILES string of the molecule is CCOC(=O)CCc1c(C)c2ccc(O)c(C[NH2+]Cc3ccc4c(c3)OCO4)c2oc1=O.[Cl-]. The van der Waals surface area contributed by atoms with Crippen LogP contribution in [0.5, 0.6) is 17.2 Å². The van der Waals surface area contributed by atoms with E-state index in [1.807, 2.05) is 30.4 Å². The number of nitrogens with two attached hydrogens (primary N) is 1. The van der Waals surface area contributed by atoms with Crippen LogP contribution in [-0.2, 0) is 29.0 Å². The molecule has 2 aromatic carbocycles. The zero-order chi connectivity index (χ0) is 22.7. The van der Waals surface area contributed by atoms with E-state index in [0.29, 0.717) is 36.4 Å². The number of aromatic hydroxyl groups is 1. The molecule has 1 aliphatic heterocycles. The number of benzene rings is 2. The third-order valence-electron chi connectivity index (χ3n) is 5.58. The Kier molecular flexibility index (Phi) is 7.84. The highest BCUT2D eigenvalue weighted by molar-refractivity contribution is 5.85. The Labute approximate surface area is 196 Å². The van der Waals surface area contributed by atoms with Gasteiger partial charge in [-0.1, -0.05) is 0 Å². The maximum atomic E-state index is 12.7. The average Bonchev–Trinajstić information content (AvgIpc) is 3.23. The average molecular weight is 476 g/mol. The lowest BCUT2D eigenvalue weighted by Crippen LogP contribution is -3.00. The number of hydrogen-bond donors (Lipinski definition) is 2. The largest absolute Gasteiger partial charge is 1.00 e. The Bertz CT molecular complexity index is 1220. The minimum absolute atomic E-state index is 0. The molecule has 176 valence electrons. The lowest BCUT2D eigenvalue weighted by atomic mass is 10.00. The number of fused-ring (bicyclic) bond motifs is 2. The van der Waals surface area contributed by atoms with E-state index in [9.17, 15) is 14.7 Å². The number of aryl methyl sites for hydroxylation is 1. The molecule has 0 aliphatic carbocycles. The highest BCUT2D eigenvalue weighted by atomic mass is 35.5. The van der Waals surface area contributed by atoms with Gasteiger partial charge in [-0.05, 0) is 56.2 Å². The van der Waals surface area contributed by atoms with Gasteiger partial charge in [0, 0.05) is 22.9 Å². The number of esters is 1. The predicted molar refractivity (Wildman–Crippen MR) is 116 cm³/mol. The topological polar surface area (TPSA) is 112 Å². The molecule has 0 amide bonds. The molecule has 9 heteroatoms. The minimum Gasteiger partial charge on any atom is -1.00 e. The van der Waals surface area contributed by atoms with Crippen molar-refractivity contribution in [2.75, 3.05) is 13.4 Å². The van der Waals surface area contributed by atoms with Gasteiger partial charge in [-0.15, -0.1) is 0 Å². The molecule has 8 nitrogen and oxygen atoms in total. The van der Waals surface area contributed by atoms with Crippen LogP contribution in [0.25, 0.3) is 11.0 Å². The van der Waals surface area contributed by atoms with Gasteiger partial charge in [-0.2, -0.15) is 0 Å². The van der Waals surface area contributed by atoms with E-state index in [1.165, 1.54) is 0 Å². The van der Waals surface area contributed by atoms with E-state index in [0.717, 1.165) is 28.0 Å². The molecular weight excluding hydrogens is 450 g/mol. The molecule has 0 fully saturated rings. The number of carbonyl (C=O) groups excluding carboxylic acids is 1. The molecule has 0 bridgehead atoms. The van der Waals surface area contributed by atoms with E-state index in [-0.39, 0.29) is 43.8 Å². The van der Waals surface area contributed by atoms with Crippen molar-refractivity contribution >= 4 is 16.9 Å².